The fourth-order valence-electron chi connectivity index (χ4n) is 0.951. The van der Waals surface area contributed by atoms with Crippen molar-refractivity contribution in [3.63, 3.8) is 0 Å². The first-order chi connectivity index (χ1) is 5.88. The highest BCUT2D eigenvalue weighted by Gasteiger charge is 2.00. The van der Waals surface area contributed by atoms with E-state index < -0.39 is 0 Å². The summed E-state index contributed by atoms with van der Waals surface area (Å²) in [6.45, 7) is 0. The third kappa shape index (κ3) is 1.81. The van der Waals surface area contributed by atoms with E-state index in [0.29, 0.717) is 12.1 Å². The van der Waals surface area contributed by atoms with Crippen LogP contribution >= 0.6 is 0 Å². The van der Waals surface area contributed by atoms with Crippen LogP contribution in [0.1, 0.15) is 11.3 Å². The lowest BCUT2D eigenvalue weighted by molar-refractivity contribution is 1.05. The van der Waals surface area contributed by atoms with Crippen LogP contribution in [0.5, 0.6) is 0 Å². The average Bonchev–Trinajstić information content (AvgIpc) is 2.09. The van der Waals surface area contributed by atoms with Gasteiger partial charge in [0.25, 0.3) is 0 Å². The molecular formula is C9H7N3. The molecule has 0 amide bonds. The van der Waals surface area contributed by atoms with Crippen LogP contribution in [0.15, 0.2) is 18.3 Å². The second-order valence-corrected chi connectivity index (χ2v) is 2.28. The quantitative estimate of drug-likeness (QED) is 0.648. The minimum atomic E-state index is 0.276. The van der Waals surface area contributed by atoms with Crippen molar-refractivity contribution in [3.8, 4) is 12.1 Å². The number of pyridine rings is 1. The van der Waals surface area contributed by atoms with Crippen LogP contribution < -0.4 is 0 Å². The molecule has 0 spiro atoms. The molecule has 1 aromatic rings. The van der Waals surface area contributed by atoms with Crippen LogP contribution in [0.3, 0.4) is 0 Å². The maximum Gasteiger partial charge on any atom is 0.0777 e. The molecule has 12 heavy (non-hydrogen) atoms. The molecule has 0 unspecified atom stereocenters. The lowest BCUT2D eigenvalue weighted by Crippen LogP contribution is -1.94. The van der Waals surface area contributed by atoms with Crippen LogP contribution in [0.2, 0.25) is 0 Å². The van der Waals surface area contributed by atoms with E-state index in [9.17, 15) is 0 Å². The van der Waals surface area contributed by atoms with Gasteiger partial charge in [0.2, 0.25) is 0 Å². The summed E-state index contributed by atoms with van der Waals surface area (Å²) in [5.74, 6) is 0. The third-order valence-electron chi connectivity index (χ3n) is 1.50. The van der Waals surface area contributed by atoms with Gasteiger partial charge in [0.05, 0.1) is 30.7 Å². The van der Waals surface area contributed by atoms with Crippen LogP contribution in [-0.2, 0) is 12.8 Å². The minimum absolute atomic E-state index is 0.276. The fourth-order valence-corrected chi connectivity index (χ4v) is 0.951. The lowest BCUT2D eigenvalue weighted by Gasteiger charge is -1.98. The Kier molecular flexibility index (Phi) is 2.81. The second kappa shape index (κ2) is 4.10. The predicted molar refractivity (Wildman–Crippen MR) is 42.9 cm³/mol. The van der Waals surface area contributed by atoms with Crippen molar-refractivity contribution in [2.45, 2.75) is 12.8 Å². The normalized spacial score (nSPS) is 8.50. The smallest absolute Gasteiger partial charge is 0.0777 e. The van der Waals surface area contributed by atoms with Gasteiger partial charge < -0.3 is 0 Å². The zero-order valence-electron chi connectivity index (χ0n) is 6.49. The van der Waals surface area contributed by atoms with Crippen molar-refractivity contribution in [1.29, 1.82) is 10.5 Å². The van der Waals surface area contributed by atoms with E-state index in [-0.39, 0.29) is 6.42 Å². The summed E-state index contributed by atoms with van der Waals surface area (Å²) in [5.41, 5.74) is 1.56. The Labute approximate surface area is 70.9 Å². The maximum atomic E-state index is 8.45. The molecular weight excluding hydrogens is 150 g/mol. The second-order valence-electron chi connectivity index (χ2n) is 2.28. The van der Waals surface area contributed by atoms with Gasteiger partial charge in [-0.25, -0.2) is 0 Å². The molecule has 0 aliphatic heterocycles. The van der Waals surface area contributed by atoms with Crippen molar-refractivity contribution in [1.82, 2.24) is 4.98 Å². The Morgan fingerprint density at radius 1 is 1.25 bits per heavy atom. The summed E-state index contributed by atoms with van der Waals surface area (Å²) in [7, 11) is 0. The first-order valence-corrected chi connectivity index (χ1v) is 3.55. The summed E-state index contributed by atoms with van der Waals surface area (Å²) in [5, 5.41) is 16.9. The van der Waals surface area contributed by atoms with Crippen LogP contribution in [-0.4, -0.2) is 4.98 Å². The van der Waals surface area contributed by atoms with Gasteiger partial charge in [-0.05, 0) is 11.6 Å². The standard InChI is InChI=1S/C9H7N3/c10-5-3-8-2-1-7-12-9(8)4-6-11/h1-2,7H,3-4H2. The van der Waals surface area contributed by atoms with Crippen molar-refractivity contribution < 1.29 is 0 Å². The Hall–Kier alpha value is -1.87. The molecule has 3 nitrogen and oxygen atoms in total. The van der Waals surface area contributed by atoms with E-state index >= 15 is 0 Å². The van der Waals surface area contributed by atoms with Crippen molar-refractivity contribution >= 4 is 0 Å². The number of aromatic nitrogens is 1. The van der Waals surface area contributed by atoms with Gasteiger partial charge in [-0.15, -0.1) is 0 Å². The largest absolute Gasteiger partial charge is 0.260 e. The first kappa shape index (κ1) is 8.23. The molecule has 0 radical (unpaired) electrons. The van der Waals surface area contributed by atoms with Gasteiger partial charge >= 0.3 is 0 Å². The summed E-state index contributed by atoms with van der Waals surface area (Å²) in [4.78, 5) is 4.01. The van der Waals surface area contributed by atoms with E-state index in [0.717, 1.165) is 5.56 Å². The van der Waals surface area contributed by atoms with E-state index in [1.165, 1.54) is 0 Å². The molecule has 0 N–H and O–H groups in total. The molecule has 1 aromatic heterocycles. The molecule has 58 valence electrons. The Balaban J connectivity index is 2.95. The molecule has 3 heteroatoms. The molecule has 0 aliphatic rings. The highest BCUT2D eigenvalue weighted by atomic mass is 14.7. The van der Waals surface area contributed by atoms with Crippen LogP contribution in [0.4, 0.5) is 0 Å². The monoisotopic (exact) mass is 157 g/mol. The molecule has 0 fully saturated rings. The zero-order chi connectivity index (χ0) is 8.81. The maximum absolute atomic E-state index is 8.45. The summed E-state index contributed by atoms with van der Waals surface area (Å²) in [6, 6.07) is 7.64. The molecule has 0 aliphatic carbocycles. The van der Waals surface area contributed by atoms with Crippen molar-refractivity contribution in [2.24, 2.45) is 0 Å². The molecule has 1 rings (SSSR count). The van der Waals surface area contributed by atoms with E-state index in [1.54, 1.807) is 12.3 Å². The summed E-state index contributed by atoms with van der Waals surface area (Å²) >= 11 is 0. The summed E-state index contributed by atoms with van der Waals surface area (Å²) in [6.07, 6.45) is 2.23. The number of rotatable bonds is 2. The lowest BCUT2D eigenvalue weighted by atomic mass is 10.1. The fraction of sp³-hybridized carbons (Fsp3) is 0.222. The van der Waals surface area contributed by atoms with E-state index in [1.807, 2.05) is 18.2 Å². The Morgan fingerprint density at radius 3 is 2.67 bits per heavy atom. The molecule has 1 heterocycles. The van der Waals surface area contributed by atoms with Crippen LogP contribution in [0, 0.1) is 22.7 Å². The Bertz CT molecular complexity index is 309. The van der Waals surface area contributed by atoms with Crippen LogP contribution in [0.25, 0.3) is 0 Å². The first-order valence-electron chi connectivity index (χ1n) is 3.55. The molecule has 0 saturated heterocycles. The number of hydrogen-bond acceptors (Lipinski definition) is 3. The van der Waals surface area contributed by atoms with Gasteiger partial charge in [0, 0.05) is 6.20 Å². The molecule has 0 saturated carbocycles. The topological polar surface area (TPSA) is 60.5 Å². The SMILES string of the molecule is N#CCc1cccnc1CC#N. The number of hydrogen-bond donors (Lipinski definition) is 0. The molecule has 0 aromatic carbocycles. The van der Waals surface area contributed by atoms with Crippen molar-refractivity contribution in [2.75, 3.05) is 0 Å². The predicted octanol–water partition coefficient (Wildman–Crippen LogP) is 1.21. The highest BCUT2D eigenvalue weighted by molar-refractivity contribution is 5.24. The van der Waals surface area contributed by atoms with Gasteiger partial charge in [-0.3, -0.25) is 4.98 Å². The minimum Gasteiger partial charge on any atom is -0.260 e. The van der Waals surface area contributed by atoms with Gasteiger partial charge in [-0.2, -0.15) is 10.5 Å². The molecule has 0 bridgehead atoms. The average molecular weight is 157 g/mol. The highest BCUT2D eigenvalue weighted by Crippen LogP contribution is 2.05. The van der Waals surface area contributed by atoms with Gasteiger partial charge in [-0.1, -0.05) is 6.07 Å². The van der Waals surface area contributed by atoms with Gasteiger partial charge in [0.1, 0.15) is 0 Å². The summed E-state index contributed by atoms with van der Waals surface area (Å²) < 4.78 is 0. The van der Waals surface area contributed by atoms with Crippen molar-refractivity contribution in [3.05, 3.63) is 29.6 Å². The van der Waals surface area contributed by atoms with E-state index in [4.69, 9.17) is 10.5 Å². The van der Waals surface area contributed by atoms with Gasteiger partial charge in [0.15, 0.2) is 0 Å². The number of nitrogens with zero attached hydrogens (tertiary/aromatic N) is 3. The number of nitriles is 2. The van der Waals surface area contributed by atoms with E-state index in [2.05, 4.69) is 4.98 Å². The third-order valence-corrected chi connectivity index (χ3v) is 1.50. The Morgan fingerprint density at radius 2 is 2.00 bits per heavy atom. The zero-order valence-corrected chi connectivity index (χ0v) is 6.49. The molecule has 0 atom stereocenters.